The molecule has 5 aliphatic heterocycles. The molecule has 9 rings (SSSR count). The van der Waals surface area contributed by atoms with Gasteiger partial charge in [0.15, 0.2) is 0 Å². The van der Waals surface area contributed by atoms with Gasteiger partial charge < -0.3 is 24.8 Å². The Morgan fingerprint density at radius 3 is 2.27 bits per heavy atom. The number of anilines is 2. The molecule has 60 heavy (non-hydrogen) atoms. The highest BCUT2D eigenvalue weighted by Gasteiger charge is 2.46. The summed E-state index contributed by atoms with van der Waals surface area (Å²) in [6.45, 7) is 5.93. The van der Waals surface area contributed by atoms with Gasteiger partial charge in [-0.05, 0) is 87.0 Å². The number of piperidine rings is 2. The molecule has 6 heterocycles. The van der Waals surface area contributed by atoms with Gasteiger partial charge in [0.1, 0.15) is 35.2 Å². The van der Waals surface area contributed by atoms with Crippen molar-refractivity contribution in [1.82, 2.24) is 30.4 Å². The van der Waals surface area contributed by atoms with Crippen molar-refractivity contribution in [2.24, 2.45) is 17.8 Å². The Morgan fingerprint density at radius 1 is 0.900 bits per heavy atom. The standard InChI is InChI=1S/C43H45ClFN9O6/c44-33-13-30(4-1-25(33)16-46)60-29-5-2-28(3-6-29)49-40(56)35-17-48-38(18-47-35)53-22-26-20-51(21-27(26)23-53)19-24-9-11-52(12-10-24)37-15-32-31(14-34(37)45)42(58)54(43(32)59)36-7-8-39(55)50-41(36)57/h1,4,13-15,17-18,24,26-29,36H,2-3,5-12,19-23H2,(H,49,56)(H,50,55,57). The van der Waals surface area contributed by atoms with Crippen molar-refractivity contribution in [3.8, 4) is 11.8 Å². The smallest absolute Gasteiger partial charge is 0.271 e. The number of nitrogens with zero attached hydrogens (tertiary/aromatic N) is 7. The van der Waals surface area contributed by atoms with Crippen LogP contribution < -0.4 is 25.2 Å². The second-order valence-electron chi connectivity index (χ2n) is 16.9. The van der Waals surface area contributed by atoms with Crippen LogP contribution in [-0.4, -0.2) is 113 Å². The SMILES string of the molecule is N#Cc1ccc(OC2CCC(NC(=O)c3cnc(N4CC5CN(CC6CCN(c7cc8c(cc7F)C(=O)N(C7CCC(=O)NC7=O)C8=O)CC6)CC5C4)cn3)CC2)cc1Cl. The Hall–Kier alpha value is -5.66. The zero-order valence-electron chi connectivity index (χ0n) is 32.9. The Kier molecular flexibility index (Phi) is 10.9. The number of nitriles is 1. The van der Waals surface area contributed by atoms with Crippen LogP contribution in [0, 0.1) is 34.9 Å². The summed E-state index contributed by atoms with van der Waals surface area (Å²) >= 11 is 6.15. The minimum Gasteiger partial charge on any atom is -0.490 e. The van der Waals surface area contributed by atoms with Gasteiger partial charge in [0.2, 0.25) is 11.8 Å². The van der Waals surface area contributed by atoms with Crippen LogP contribution in [0.5, 0.6) is 5.75 Å². The maximum absolute atomic E-state index is 15.5. The van der Waals surface area contributed by atoms with Gasteiger partial charge in [0.05, 0.1) is 45.9 Å². The lowest BCUT2D eigenvalue weighted by molar-refractivity contribution is -0.136. The van der Waals surface area contributed by atoms with E-state index in [0.29, 0.717) is 52.9 Å². The van der Waals surface area contributed by atoms with E-state index in [9.17, 15) is 24.0 Å². The molecular formula is C43H45ClFN9O6. The molecule has 4 saturated heterocycles. The summed E-state index contributed by atoms with van der Waals surface area (Å²) < 4.78 is 21.5. The maximum atomic E-state index is 15.5. The van der Waals surface area contributed by atoms with E-state index in [-0.39, 0.29) is 47.7 Å². The summed E-state index contributed by atoms with van der Waals surface area (Å²) in [4.78, 5) is 80.3. The molecule has 2 N–H and O–H groups in total. The van der Waals surface area contributed by atoms with Crippen LogP contribution in [0.15, 0.2) is 42.7 Å². The van der Waals surface area contributed by atoms with E-state index < -0.39 is 35.5 Å². The third-order valence-electron chi connectivity index (χ3n) is 13.1. The molecule has 312 valence electrons. The predicted octanol–water partition coefficient (Wildman–Crippen LogP) is 3.95. The van der Waals surface area contributed by atoms with E-state index in [0.717, 1.165) is 88.0 Å². The van der Waals surface area contributed by atoms with E-state index >= 15 is 4.39 Å². The molecule has 0 radical (unpaired) electrons. The molecule has 1 aliphatic carbocycles. The average molecular weight is 838 g/mol. The first kappa shape index (κ1) is 39.8. The molecule has 3 unspecified atom stereocenters. The van der Waals surface area contributed by atoms with E-state index in [4.69, 9.17) is 21.6 Å². The van der Waals surface area contributed by atoms with E-state index in [1.54, 1.807) is 30.6 Å². The van der Waals surface area contributed by atoms with Crippen molar-refractivity contribution >= 4 is 52.6 Å². The molecule has 1 saturated carbocycles. The highest BCUT2D eigenvalue weighted by Crippen LogP contribution is 2.37. The van der Waals surface area contributed by atoms with Crippen molar-refractivity contribution in [3.05, 3.63) is 75.9 Å². The first-order valence-electron chi connectivity index (χ1n) is 20.8. The first-order chi connectivity index (χ1) is 29.0. The second kappa shape index (κ2) is 16.4. The molecule has 6 aliphatic rings. The van der Waals surface area contributed by atoms with Gasteiger partial charge in [-0.15, -0.1) is 0 Å². The topological polar surface area (TPSA) is 181 Å². The quantitative estimate of drug-likeness (QED) is 0.297. The molecule has 0 bridgehead atoms. The number of rotatable bonds is 9. The Balaban J connectivity index is 0.709. The van der Waals surface area contributed by atoms with E-state index in [2.05, 4.69) is 30.4 Å². The number of nitrogens with one attached hydrogen (secondary N) is 2. The molecule has 15 nitrogen and oxygen atoms in total. The van der Waals surface area contributed by atoms with Gasteiger partial charge in [-0.3, -0.25) is 34.2 Å². The third-order valence-corrected chi connectivity index (χ3v) is 13.4. The lowest BCUT2D eigenvalue weighted by atomic mass is 9.93. The van der Waals surface area contributed by atoms with Crippen LogP contribution in [0.3, 0.4) is 0 Å². The summed E-state index contributed by atoms with van der Waals surface area (Å²) in [5.74, 6) is -0.462. The molecular weight excluding hydrogens is 793 g/mol. The van der Waals surface area contributed by atoms with Gasteiger partial charge in [-0.25, -0.2) is 14.4 Å². The van der Waals surface area contributed by atoms with Gasteiger partial charge in [-0.1, -0.05) is 11.6 Å². The van der Waals surface area contributed by atoms with Crippen molar-refractivity contribution in [3.63, 3.8) is 0 Å². The highest BCUT2D eigenvalue weighted by atomic mass is 35.5. The molecule has 5 amide bonds. The zero-order chi connectivity index (χ0) is 41.7. The fraction of sp³-hybridized carbons (Fsp3) is 0.488. The summed E-state index contributed by atoms with van der Waals surface area (Å²) in [5, 5.41) is 14.8. The van der Waals surface area contributed by atoms with Crippen LogP contribution in [0.2, 0.25) is 5.02 Å². The fourth-order valence-electron chi connectivity index (χ4n) is 9.91. The number of benzene rings is 2. The van der Waals surface area contributed by atoms with Crippen molar-refractivity contribution < 1.29 is 33.1 Å². The van der Waals surface area contributed by atoms with Gasteiger partial charge >= 0.3 is 0 Å². The van der Waals surface area contributed by atoms with Crippen LogP contribution in [0.4, 0.5) is 15.9 Å². The summed E-state index contributed by atoms with van der Waals surface area (Å²) in [5.41, 5.74) is 1.01. The van der Waals surface area contributed by atoms with E-state index in [1.165, 1.54) is 6.07 Å². The molecule has 2 aromatic carbocycles. The largest absolute Gasteiger partial charge is 0.490 e. The number of likely N-dealkylation sites (tertiary alicyclic amines) is 1. The maximum Gasteiger partial charge on any atom is 0.271 e. The fourth-order valence-corrected chi connectivity index (χ4v) is 10.1. The van der Waals surface area contributed by atoms with Crippen molar-refractivity contribution in [2.45, 2.75) is 69.6 Å². The van der Waals surface area contributed by atoms with Crippen LogP contribution >= 0.6 is 11.6 Å². The number of carbonyl (C=O) groups is 5. The van der Waals surface area contributed by atoms with Gasteiger partial charge in [0, 0.05) is 64.3 Å². The highest BCUT2D eigenvalue weighted by molar-refractivity contribution is 6.31. The Labute approximate surface area is 351 Å². The lowest BCUT2D eigenvalue weighted by Crippen LogP contribution is -2.54. The number of imide groups is 2. The van der Waals surface area contributed by atoms with E-state index in [1.807, 2.05) is 11.0 Å². The van der Waals surface area contributed by atoms with Crippen molar-refractivity contribution in [1.29, 1.82) is 5.26 Å². The summed E-state index contributed by atoms with van der Waals surface area (Å²) in [6, 6.07) is 8.59. The van der Waals surface area contributed by atoms with Crippen molar-refractivity contribution in [2.75, 3.05) is 55.6 Å². The third kappa shape index (κ3) is 7.88. The predicted molar refractivity (Wildman–Crippen MR) is 216 cm³/mol. The normalized spacial score (nSPS) is 25.9. The molecule has 3 atom stereocenters. The lowest BCUT2D eigenvalue weighted by Gasteiger charge is -2.35. The summed E-state index contributed by atoms with van der Waals surface area (Å²) in [7, 11) is 0. The minimum absolute atomic E-state index is 0.0102. The number of carbonyl (C=O) groups excluding carboxylic acids is 5. The van der Waals surface area contributed by atoms with Gasteiger partial charge in [-0.2, -0.15) is 5.26 Å². The Bertz CT molecular complexity index is 2260. The average Bonchev–Trinajstić information content (AvgIpc) is 3.88. The van der Waals surface area contributed by atoms with Gasteiger partial charge in [0.25, 0.3) is 17.7 Å². The number of amides is 5. The second-order valence-corrected chi connectivity index (χ2v) is 17.4. The zero-order valence-corrected chi connectivity index (χ0v) is 33.7. The molecule has 1 aromatic heterocycles. The number of ether oxygens (including phenoxy) is 1. The number of hydrogen-bond acceptors (Lipinski definition) is 12. The monoisotopic (exact) mass is 837 g/mol. The van der Waals surface area contributed by atoms with Crippen LogP contribution in [0.1, 0.15) is 88.1 Å². The molecule has 3 aromatic rings. The molecule has 17 heteroatoms. The summed E-state index contributed by atoms with van der Waals surface area (Å²) in [6.07, 6.45) is 8.17. The first-order valence-corrected chi connectivity index (χ1v) is 21.2. The molecule has 5 fully saturated rings. The Morgan fingerprint density at radius 2 is 1.62 bits per heavy atom. The van der Waals surface area contributed by atoms with Crippen LogP contribution in [-0.2, 0) is 9.59 Å². The number of halogens is 2. The molecule has 0 spiro atoms. The van der Waals surface area contributed by atoms with Crippen LogP contribution in [0.25, 0.3) is 0 Å². The minimum atomic E-state index is -1.10. The number of aromatic nitrogens is 2. The number of hydrogen-bond donors (Lipinski definition) is 2. The number of fused-ring (bicyclic) bond motifs is 2.